The van der Waals surface area contributed by atoms with Gasteiger partial charge in [0.25, 0.3) is 0 Å². The number of nitrogens with zero attached hydrogens (tertiary/aromatic N) is 1. The van der Waals surface area contributed by atoms with Crippen LogP contribution >= 0.6 is 15.9 Å². The number of carbonyl (C=O) groups is 1. The maximum Gasteiger partial charge on any atom is 0.170 e. The topological polar surface area (TPSA) is 62.5 Å². The molecule has 0 atom stereocenters. The highest BCUT2D eigenvalue weighted by molar-refractivity contribution is 9.09. The van der Waals surface area contributed by atoms with Crippen LogP contribution in [-0.4, -0.2) is 11.1 Å². The molecule has 1 N–H and O–H groups in total. The van der Waals surface area contributed by atoms with Crippen LogP contribution in [0.1, 0.15) is 23.2 Å². The lowest BCUT2D eigenvalue weighted by Gasteiger charge is -2.04. The highest BCUT2D eigenvalue weighted by atomic mass is 79.9. The molecule has 0 radical (unpaired) electrons. The lowest BCUT2D eigenvalue weighted by molar-refractivity contribution is 0.0977. The molecule has 0 aliphatic rings. The number of Topliss-reactive ketones (excluding diaryl/α,β-unsaturated/α-hetero) is 1. The Bertz CT molecular complexity index is 355. The normalized spacial score (nSPS) is 9.67. The van der Waals surface area contributed by atoms with Gasteiger partial charge in [-0.25, -0.2) is 0 Å². The third-order valence-electron chi connectivity index (χ3n) is 1.87. The number of ketones is 1. The first-order valence-electron chi connectivity index (χ1n) is 4.51. The summed E-state index contributed by atoms with van der Waals surface area (Å²) < 4.78 is 0. The van der Waals surface area contributed by atoms with Gasteiger partial charge in [-0.05, 0) is 18.6 Å². The maximum atomic E-state index is 11.7. The van der Waals surface area contributed by atoms with Crippen LogP contribution in [0.25, 0.3) is 0 Å². The van der Waals surface area contributed by atoms with E-state index in [1.165, 1.54) is 0 Å². The zero-order chi connectivity index (χ0) is 11.1. The van der Waals surface area contributed by atoms with Crippen molar-refractivity contribution in [3.8, 4) is 5.75 Å². The van der Waals surface area contributed by atoms with Gasteiger partial charge in [-0.15, -0.1) is 0 Å². The molecule has 0 unspecified atom stereocenters. The summed E-state index contributed by atoms with van der Waals surface area (Å²) in [6.07, 6.45) is 1.24. The molecule has 0 saturated carbocycles. The van der Waals surface area contributed by atoms with Crippen LogP contribution < -0.4 is 4.84 Å². The predicted octanol–water partition coefficient (Wildman–Crippen LogP) is 3.37. The number of carbonyl (C=O) groups excluding carboxylic acids is 1. The summed E-state index contributed by atoms with van der Waals surface area (Å²) in [5, 5.41) is 3.61. The van der Waals surface area contributed by atoms with Crippen molar-refractivity contribution in [1.29, 1.82) is 5.53 Å². The fraction of sp³-hybridized carbons (Fsp3) is 0.300. The molecule has 15 heavy (non-hydrogen) atoms. The van der Waals surface area contributed by atoms with E-state index in [0.717, 1.165) is 11.8 Å². The quantitative estimate of drug-likeness (QED) is 0.373. The largest absolute Gasteiger partial charge is 0.339 e. The highest BCUT2D eigenvalue weighted by Gasteiger charge is 2.11. The van der Waals surface area contributed by atoms with Crippen LogP contribution in [0.5, 0.6) is 5.75 Å². The van der Waals surface area contributed by atoms with Crippen LogP contribution in [0, 0.1) is 5.53 Å². The van der Waals surface area contributed by atoms with Gasteiger partial charge in [-0.2, -0.15) is 5.53 Å². The van der Waals surface area contributed by atoms with E-state index in [1.54, 1.807) is 24.3 Å². The van der Waals surface area contributed by atoms with Crippen LogP contribution in [0.4, 0.5) is 0 Å². The summed E-state index contributed by atoms with van der Waals surface area (Å²) in [7, 11) is 0. The molecule has 0 bridgehead atoms. The molecule has 5 heteroatoms. The molecule has 0 heterocycles. The van der Waals surface area contributed by atoms with Crippen molar-refractivity contribution < 1.29 is 9.63 Å². The maximum absolute atomic E-state index is 11.7. The summed E-state index contributed by atoms with van der Waals surface area (Å²) in [6.45, 7) is 0. The smallest absolute Gasteiger partial charge is 0.170 e. The second-order valence-corrected chi connectivity index (χ2v) is 3.69. The van der Waals surface area contributed by atoms with Gasteiger partial charge >= 0.3 is 0 Å². The lowest BCUT2D eigenvalue weighted by atomic mass is 10.1. The Balaban J connectivity index is 2.82. The van der Waals surface area contributed by atoms with E-state index in [0.29, 0.717) is 17.7 Å². The van der Waals surface area contributed by atoms with E-state index in [1.807, 2.05) is 0 Å². The zero-order valence-corrected chi connectivity index (χ0v) is 9.66. The third-order valence-corrected chi connectivity index (χ3v) is 2.43. The van der Waals surface area contributed by atoms with Crippen LogP contribution in [-0.2, 0) is 0 Å². The Morgan fingerprint density at radius 2 is 2.20 bits per heavy atom. The molecule has 0 saturated heterocycles. The Morgan fingerprint density at radius 3 is 2.87 bits per heavy atom. The summed E-state index contributed by atoms with van der Waals surface area (Å²) >= 11 is 3.27. The molecule has 0 aromatic heterocycles. The number of alkyl halides is 1. The van der Waals surface area contributed by atoms with Gasteiger partial charge in [0, 0.05) is 17.0 Å². The first-order valence-corrected chi connectivity index (χ1v) is 5.63. The number of benzene rings is 1. The van der Waals surface area contributed by atoms with Crippen LogP contribution in [0.15, 0.2) is 29.5 Å². The van der Waals surface area contributed by atoms with E-state index in [4.69, 9.17) is 10.4 Å². The van der Waals surface area contributed by atoms with Gasteiger partial charge < -0.3 is 4.84 Å². The number of hydrogen-bond donors (Lipinski definition) is 1. The van der Waals surface area contributed by atoms with Gasteiger partial charge in [0.2, 0.25) is 0 Å². The Kier molecular flexibility index (Phi) is 4.97. The summed E-state index contributed by atoms with van der Waals surface area (Å²) in [6, 6.07) is 6.80. The van der Waals surface area contributed by atoms with Crippen molar-refractivity contribution in [2.75, 3.05) is 5.33 Å². The first kappa shape index (κ1) is 11.8. The number of halogens is 1. The van der Waals surface area contributed by atoms with Crippen molar-refractivity contribution in [2.24, 2.45) is 5.28 Å². The predicted molar refractivity (Wildman–Crippen MR) is 59.6 cm³/mol. The van der Waals surface area contributed by atoms with Crippen LogP contribution in [0.2, 0.25) is 0 Å². The minimum Gasteiger partial charge on any atom is -0.339 e. The van der Waals surface area contributed by atoms with Crippen molar-refractivity contribution in [3.63, 3.8) is 0 Å². The average Bonchev–Trinajstić information content (AvgIpc) is 2.27. The summed E-state index contributed by atoms with van der Waals surface area (Å²) in [4.78, 5) is 16.4. The average molecular weight is 271 g/mol. The van der Waals surface area contributed by atoms with Crippen molar-refractivity contribution in [1.82, 2.24) is 0 Å². The second-order valence-electron chi connectivity index (χ2n) is 2.89. The molecule has 0 fully saturated rings. The SMILES string of the molecule is N=NOc1ccccc1C(=O)CCCBr. The minimum atomic E-state index is 0.00806. The molecule has 80 valence electrons. The second kappa shape index (κ2) is 6.29. The molecule has 0 aliphatic carbocycles. The fourth-order valence-electron chi connectivity index (χ4n) is 1.19. The van der Waals surface area contributed by atoms with Gasteiger partial charge in [0.15, 0.2) is 11.5 Å². The van der Waals surface area contributed by atoms with Gasteiger partial charge in [-0.1, -0.05) is 28.1 Å². The molecule has 1 aromatic carbocycles. The molecule has 1 aromatic rings. The van der Waals surface area contributed by atoms with E-state index in [2.05, 4.69) is 21.2 Å². The van der Waals surface area contributed by atoms with Gasteiger partial charge in [-0.3, -0.25) is 4.79 Å². The number of rotatable bonds is 6. The Labute approximate surface area is 96.2 Å². The molecular weight excluding hydrogens is 260 g/mol. The number of hydrogen-bond acceptors (Lipinski definition) is 4. The van der Waals surface area contributed by atoms with Crippen molar-refractivity contribution >= 4 is 21.7 Å². The van der Waals surface area contributed by atoms with E-state index < -0.39 is 0 Å². The fourth-order valence-corrected chi connectivity index (χ4v) is 1.47. The molecule has 4 nitrogen and oxygen atoms in total. The Morgan fingerprint density at radius 1 is 1.47 bits per heavy atom. The first-order chi connectivity index (χ1) is 7.29. The lowest BCUT2D eigenvalue weighted by Crippen LogP contribution is -2.01. The molecule has 1 rings (SSSR count). The van der Waals surface area contributed by atoms with E-state index in [-0.39, 0.29) is 5.78 Å². The van der Waals surface area contributed by atoms with Gasteiger partial charge in [0.05, 0.1) is 5.56 Å². The third kappa shape index (κ3) is 3.43. The monoisotopic (exact) mass is 270 g/mol. The number of nitrogens with one attached hydrogen (secondary N) is 1. The van der Waals surface area contributed by atoms with E-state index >= 15 is 0 Å². The molecule has 0 aliphatic heterocycles. The minimum absolute atomic E-state index is 0.00806. The molecular formula is C10H11BrN2O2. The molecule has 0 amide bonds. The van der Waals surface area contributed by atoms with Crippen molar-refractivity contribution in [3.05, 3.63) is 29.8 Å². The van der Waals surface area contributed by atoms with Gasteiger partial charge in [0.1, 0.15) is 0 Å². The highest BCUT2D eigenvalue weighted by Crippen LogP contribution is 2.20. The van der Waals surface area contributed by atoms with Crippen molar-refractivity contribution in [2.45, 2.75) is 12.8 Å². The summed E-state index contributed by atoms with van der Waals surface area (Å²) in [5.41, 5.74) is 7.08. The van der Waals surface area contributed by atoms with Crippen LogP contribution in [0.3, 0.4) is 0 Å². The molecule has 0 spiro atoms. The zero-order valence-electron chi connectivity index (χ0n) is 8.07. The summed E-state index contributed by atoms with van der Waals surface area (Å²) in [5.74, 6) is 0.348. The Hall–Kier alpha value is -1.23. The standard InChI is InChI=1S/C10H11BrN2O2/c11-7-3-5-9(14)8-4-1-2-6-10(8)15-13-12/h1-2,4,6,12H,3,5,7H2. The number of para-hydroxylation sites is 1. The van der Waals surface area contributed by atoms with E-state index in [9.17, 15) is 4.79 Å².